The van der Waals surface area contributed by atoms with E-state index in [1.165, 1.54) is 120 Å². The molecule has 119 heavy (non-hydrogen) atoms. The third-order valence-electron chi connectivity index (χ3n) is 22.3. The zero-order chi connectivity index (χ0) is 83.6. The number of pyridine rings is 5. The summed E-state index contributed by atoms with van der Waals surface area (Å²) in [4.78, 5) is 130. The number of rotatable bonds is 10. The van der Waals surface area contributed by atoms with Crippen molar-refractivity contribution in [2.45, 2.75) is 143 Å². The first-order valence-electron chi connectivity index (χ1n) is 38.3. The summed E-state index contributed by atoms with van der Waals surface area (Å²) < 4.78 is 57.5. The van der Waals surface area contributed by atoms with Gasteiger partial charge in [0.05, 0.1) is 47.4 Å². The normalized spacial score (nSPS) is 14.3. The second kappa shape index (κ2) is 33.0. The van der Waals surface area contributed by atoms with E-state index in [-0.39, 0.29) is 115 Å². The first-order chi connectivity index (χ1) is 57.5. The Labute approximate surface area is 697 Å². The summed E-state index contributed by atoms with van der Waals surface area (Å²) in [5, 5.41) is 13.8. The number of hydrogen-bond acceptors (Lipinski definition) is 17. The van der Waals surface area contributed by atoms with Crippen LogP contribution in [0.4, 0.5) is 13.2 Å². The van der Waals surface area contributed by atoms with Crippen LogP contribution in [0.15, 0.2) is 141 Å². The predicted molar refractivity (Wildman–Crippen MR) is 441 cm³/mol. The minimum atomic E-state index is -0.772. The van der Waals surface area contributed by atoms with Gasteiger partial charge >= 0.3 is 0 Å². The van der Waals surface area contributed by atoms with E-state index < -0.39 is 29.4 Å². The van der Waals surface area contributed by atoms with Gasteiger partial charge in [-0.2, -0.15) is 24.2 Å². The van der Waals surface area contributed by atoms with Crippen molar-refractivity contribution in [3.63, 3.8) is 0 Å². The van der Waals surface area contributed by atoms with E-state index in [1.807, 2.05) is 44.5 Å². The Morgan fingerprint density at radius 2 is 0.824 bits per heavy atom. The Hall–Kier alpha value is -12.1. The lowest BCUT2D eigenvalue weighted by Gasteiger charge is -2.16. The van der Waals surface area contributed by atoms with E-state index in [1.54, 1.807) is 23.1 Å². The summed E-state index contributed by atoms with van der Waals surface area (Å²) in [5.41, 5.74) is 10.4. The van der Waals surface area contributed by atoms with Crippen molar-refractivity contribution in [3.8, 4) is 29.1 Å². The molecule has 5 aliphatic carbocycles. The minimum Gasteiger partial charge on any atom is -0.314 e. The fraction of sp³-hybridized carbons (Fsp3) is 0.274. The van der Waals surface area contributed by atoms with Crippen LogP contribution in [0, 0.1) is 24.0 Å². The quantitative estimate of drug-likeness (QED) is 0.115. The number of fused-ring (bicyclic) bond motifs is 15. The molecule has 0 radical (unpaired) electrons. The summed E-state index contributed by atoms with van der Waals surface area (Å²) in [6, 6.07) is 13.3. The fourth-order valence-corrected chi connectivity index (χ4v) is 17.7. The Kier molecular flexibility index (Phi) is 22.4. The summed E-state index contributed by atoms with van der Waals surface area (Å²) in [5.74, 6) is 0.350. The Morgan fingerprint density at radius 3 is 1.39 bits per heavy atom. The number of nitrogens with zero attached hydrogens (tertiary/aromatic N) is 18. The van der Waals surface area contributed by atoms with Gasteiger partial charge in [0.25, 0.3) is 27.8 Å². The van der Waals surface area contributed by atoms with Gasteiger partial charge in [-0.1, -0.05) is 71.9 Å². The molecule has 0 aromatic carbocycles. The van der Waals surface area contributed by atoms with Crippen LogP contribution in [0.3, 0.4) is 0 Å². The fourth-order valence-electron chi connectivity index (χ4n) is 16.8. The average molecular weight is 1710 g/mol. The van der Waals surface area contributed by atoms with Gasteiger partial charge in [-0.3, -0.25) is 65.5 Å². The van der Waals surface area contributed by atoms with Crippen LogP contribution < -0.4 is 27.8 Å². The van der Waals surface area contributed by atoms with Crippen molar-refractivity contribution in [1.29, 1.82) is 0 Å². The molecular formula is C84H70Cl5F3N18O9. The molecular weight excluding hydrogens is 1640 g/mol. The SMILES string of the molecule is CC1(C)Cc2cc3c(=O)n(-c4nccc(Cl)c4CF)ccn3c2C1.Cc1nn(-c2nccc(Cl)c2C=O)c(=O)c2cc3c(n12)CCCC3.O=Cc1c(Cl)ccnc1-n1ccn2c3c(c(F)c2c1=O)CCCC3.O=Cc1c(Cl)ccnc1-n1ncn2c3c(c(F)c2c1=O)CCCC3.O=Cc1c(Cl)ccnc1-n1ncn2c3c(cc2c1=O)CCCC3. The van der Waals surface area contributed by atoms with Crippen molar-refractivity contribution < 1.29 is 32.3 Å². The van der Waals surface area contributed by atoms with Gasteiger partial charge in [-0.25, -0.2) is 38.1 Å². The summed E-state index contributed by atoms with van der Waals surface area (Å²) >= 11 is 30.1. The molecule has 15 aromatic heterocycles. The van der Waals surface area contributed by atoms with E-state index in [2.05, 4.69) is 54.1 Å². The number of carbonyl (C=O) groups excluding carboxylic acids is 4. The largest absolute Gasteiger partial charge is 0.314 e. The number of hydrogen-bond donors (Lipinski definition) is 0. The van der Waals surface area contributed by atoms with Gasteiger partial charge in [-0.15, -0.1) is 5.10 Å². The van der Waals surface area contributed by atoms with E-state index >= 15 is 0 Å². The zero-order valence-electron chi connectivity index (χ0n) is 64.0. The molecule has 0 N–H and O–H groups in total. The van der Waals surface area contributed by atoms with E-state index in [4.69, 9.17) is 58.0 Å². The molecule has 15 aromatic rings. The number of halogens is 8. The first-order valence-corrected chi connectivity index (χ1v) is 40.2. The highest BCUT2D eigenvalue weighted by Crippen LogP contribution is 2.39. The first kappa shape index (κ1) is 80.7. The lowest BCUT2D eigenvalue weighted by atomic mass is 9.90. The van der Waals surface area contributed by atoms with Crippen LogP contribution in [0.25, 0.3) is 56.7 Å². The van der Waals surface area contributed by atoms with Crippen LogP contribution in [0.1, 0.15) is 174 Å². The third kappa shape index (κ3) is 14.4. The molecule has 0 saturated heterocycles. The molecule has 27 nitrogen and oxygen atoms in total. The molecule has 5 aliphatic rings. The maximum absolute atomic E-state index is 14.8. The predicted octanol–water partition coefficient (Wildman–Crippen LogP) is 13.8. The number of carbonyl (C=O) groups is 4. The van der Waals surface area contributed by atoms with Crippen molar-refractivity contribution >= 4 is 111 Å². The molecule has 0 fully saturated rings. The van der Waals surface area contributed by atoms with Crippen LogP contribution in [-0.4, -0.2) is 111 Å². The standard InChI is InChI=1S/C18H17ClFN3O.C17H13ClFN3O2.C17H15ClN4O2.C16H12ClFN4O2.C16H13ClN4O2/c1-18(2)8-11-7-14-17(24)23(6-5-22(14)15(11)9-18)16-12(10-20)13(19)3-4-21-16;18-12-5-6-20-16(11(12)9-23)22-8-7-21-13-4-2-1-3-10(13)14(19)15(21)17(22)24;1-10-20-22(16-12(9-23)13(18)6-7-19-16)17(24)15-8-11-4-2-3-5-14(11)21(10)15;17-11-5-6-19-15(10(11)7-23)22-16(24)14-13(18)9-3-1-2-4-12(9)21(14)8-20-22;17-12-5-6-18-15(11(12)8-22)21-16(23)14-7-10-3-1-2-4-13(10)20(14)9-19-21/h3-7H,8-10H2,1-2H3;5-9H,1-4H2;6-9H,2-5H2,1H3;5-8H,1-4H2;5-9H,1-4H2. The molecule has 0 aliphatic heterocycles. The molecule has 0 atom stereocenters. The van der Waals surface area contributed by atoms with E-state index in [0.717, 1.165) is 123 Å². The maximum Gasteiger partial charge on any atom is 0.300 e. The smallest absolute Gasteiger partial charge is 0.300 e. The molecule has 15 heterocycles. The zero-order valence-corrected chi connectivity index (χ0v) is 67.7. The molecule has 0 saturated carbocycles. The Balaban J connectivity index is 0.000000111. The highest BCUT2D eigenvalue weighted by Gasteiger charge is 2.33. The van der Waals surface area contributed by atoms with Gasteiger partial charge in [-0.05, 0) is 193 Å². The topological polar surface area (TPSA) is 303 Å². The van der Waals surface area contributed by atoms with E-state index in [9.17, 15) is 56.3 Å². The van der Waals surface area contributed by atoms with Gasteiger partial charge in [0.2, 0.25) is 0 Å². The number of aromatic nitrogens is 18. The third-order valence-corrected chi connectivity index (χ3v) is 24.0. The van der Waals surface area contributed by atoms with Crippen molar-refractivity contribution in [1.82, 2.24) is 85.4 Å². The maximum atomic E-state index is 14.8. The Bertz CT molecular complexity index is 6880. The number of alkyl halides is 1. The highest BCUT2D eigenvalue weighted by molar-refractivity contribution is 6.34. The molecule has 0 amide bonds. The molecule has 35 heteroatoms. The van der Waals surface area contributed by atoms with Crippen LogP contribution in [-0.2, 0) is 70.9 Å². The Morgan fingerprint density at radius 1 is 0.412 bits per heavy atom. The number of aryl methyl sites for hydroxylation is 7. The lowest BCUT2D eigenvalue weighted by molar-refractivity contribution is 0.111. The molecule has 0 unspecified atom stereocenters. The molecule has 0 spiro atoms. The van der Waals surface area contributed by atoms with Crippen molar-refractivity contribution in [3.05, 3.63) is 295 Å². The van der Waals surface area contributed by atoms with Gasteiger partial charge in [0.15, 0.2) is 65.6 Å². The van der Waals surface area contributed by atoms with Crippen LogP contribution >= 0.6 is 58.0 Å². The minimum absolute atomic E-state index is 0.0106. The van der Waals surface area contributed by atoms with Crippen LogP contribution in [0.2, 0.25) is 25.1 Å². The molecule has 0 bridgehead atoms. The van der Waals surface area contributed by atoms with Crippen molar-refractivity contribution in [2.24, 2.45) is 5.41 Å². The van der Waals surface area contributed by atoms with Gasteiger partial charge in [0.1, 0.15) is 53.0 Å². The second-order valence-electron chi connectivity index (χ2n) is 30.1. The van der Waals surface area contributed by atoms with Gasteiger partial charge in [0, 0.05) is 101 Å². The van der Waals surface area contributed by atoms with Crippen LogP contribution in [0.5, 0.6) is 0 Å². The lowest BCUT2D eigenvalue weighted by Crippen LogP contribution is -2.27. The van der Waals surface area contributed by atoms with Crippen molar-refractivity contribution in [2.75, 3.05) is 0 Å². The highest BCUT2D eigenvalue weighted by atomic mass is 35.5. The van der Waals surface area contributed by atoms with E-state index in [0.29, 0.717) is 77.9 Å². The summed E-state index contributed by atoms with van der Waals surface area (Å²) in [6.45, 7) is 5.53. The summed E-state index contributed by atoms with van der Waals surface area (Å²) in [7, 11) is 0. The monoisotopic (exact) mass is 1710 g/mol. The second-order valence-corrected chi connectivity index (χ2v) is 32.1. The van der Waals surface area contributed by atoms with Gasteiger partial charge < -0.3 is 8.80 Å². The number of aldehydes is 4. The molecule has 606 valence electrons. The summed E-state index contributed by atoms with van der Waals surface area (Å²) in [6.07, 6.45) is 35.7. The molecule has 20 rings (SSSR count). The average Bonchev–Trinajstić information content (AvgIpc) is 1.60.